The number of pyridine rings is 1. The van der Waals surface area contributed by atoms with Crippen LogP contribution in [0.1, 0.15) is 91.2 Å². The number of aryl methyl sites for hydroxylation is 1. The van der Waals surface area contributed by atoms with Crippen LogP contribution >= 0.6 is 0 Å². The number of nitrogens with one attached hydrogen (secondary N) is 1. The topological polar surface area (TPSA) is 69.0 Å². The van der Waals surface area contributed by atoms with E-state index in [0.29, 0.717) is 18.0 Å². The van der Waals surface area contributed by atoms with Crippen molar-refractivity contribution in [3.63, 3.8) is 0 Å². The Kier molecular flexibility index (Phi) is 16.6. The molecule has 0 unspecified atom stereocenters. The molecule has 6 heteroatoms. The number of carbonyl (C=O) groups excluding carboxylic acids is 1. The third-order valence-electron chi connectivity index (χ3n) is 4.82. The third kappa shape index (κ3) is 11.7. The van der Waals surface area contributed by atoms with Crippen LogP contribution in [0.2, 0.25) is 0 Å². The molecule has 0 radical (unpaired) electrons. The molecule has 1 N–H and O–H groups in total. The summed E-state index contributed by atoms with van der Waals surface area (Å²) in [4.78, 5) is 16.7. The van der Waals surface area contributed by atoms with Crippen molar-refractivity contribution >= 4 is 23.3 Å². The molecule has 0 spiro atoms. The minimum atomic E-state index is -0.406. The van der Waals surface area contributed by atoms with E-state index in [-0.39, 0.29) is 0 Å². The van der Waals surface area contributed by atoms with Crippen molar-refractivity contribution in [2.24, 2.45) is 5.92 Å². The zero-order valence-electron chi connectivity index (χ0n) is 23.5. The van der Waals surface area contributed by atoms with Crippen LogP contribution in [-0.2, 0) is 4.74 Å². The number of allylic oxidation sites excluding steroid dienone is 6. The van der Waals surface area contributed by atoms with Crippen LogP contribution in [0.4, 0.5) is 11.6 Å². The molecular formula is C29H46N4O2. The molecule has 0 atom stereocenters. The Hall–Kier alpha value is -3.15. The van der Waals surface area contributed by atoms with Crippen LogP contribution in [0.3, 0.4) is 0 Å². The van der Waals surface area contributed by atoms with Crippen molar-refractivity contribution in [2.45, 2.75) is 82.1 Å². The number of carbonyl (C=O) groups is 1. The fraction of sp³-hybridized carbons (Fsp3) is 0.483. The van der Waals surface area contributed by atoms with Gasteiger partial charge in [-0.15, -0.1) is 0 Å². The van der Waals surface area contributed by atoms with Gasteiger partial charge in [0.2, 0.25) is 0 Å². The summed E-state index contributed by atoms with van der Waals surface area (Å²) in [6, 6.07) is 5.35. The van der Waals surface area contributed by atoms with Gasteiger partial charge in [-0.25, -0.2) is 14.5 Å². The summed E-state index contributed by atoms with van der Waals surface area (Å²) >= 11 is 0. The summed E-state index contributed by atoms with van der Waals surface area (Å²) in [5.74, 6) is 1.66. The molecule has 2 aromatic heterocycles. The summed E-state index contributed by atoms with van der Waals surface area (Å²) in [6.07, 6.45) is 12.4. The third-order valence-corrected chi connectivity index (χ3v) is 4.82. The Morgan fingerprint density at radius 2 is 1.83 bits per heavy atom. The average molecular weight is 483 g/mol. The minimum absolute atomic E-state index is 0.309. The average Bonchev–Trinajstić information content (AvgIpc) is 3.28. The molecule has 0 saturated heterocycles. The first-order chi connectivity index (χ1) is 16.7. The smallest absolute Gasteiger partial charge is 0.341 e. The van der Waals surface area contributed by atoms with Crippen LogP contribution in [-0.4, -0.2) is 27.3 Å². The van der Waals surface area contributed by atoms with Crippen molar-refractivity contribution in [1.29, 1.82) is 0 Å². The summed E-state index contributed by atoms with van der Waals surface area (Å²) in [7, 11) is 0. The summed E-state index contributed by atoms with van der Waals surface area (Å²) < 4.78 is 6.92. The quantitative estimate of drug-likeness (QED) is 0.287. The maximum Gasteiger partial charge on any atom is 0.341 e. The molecule has 0 amide bonds. The van der Waals surface area contributed by atoms with Gasteiger partial charge in [-0.2, -0.15) is 5.10 Å². The lowest BCUT2D eigenvalue weighted by Crippen LogP contribution is -2.11. The molecule has 194 valence electrons. The monoisotopic (exact) mass is 482 g/mol. The highest BCUT2D eigenvalue weighted by Gasteiger charge is 2.16. The number of aromatic nitrogens is 3. The first kappa shape index (κ1) is 31.9. The van der Waals surface area contributed by atoms with Crippen LogP contribution in [0, 0.1) is 12.8 Å². The lowest BCUT2D eigenvalue weighted by Gasteiger charge is -2.14. The molecule has 0 aliphatic rings. The Morgan fingerprint density at radius 1 is 1.14 bits per heavy atom. The highest BCUT2D eigenvalue weighted by Crippen LogP contribution is 2.23. The predicted octanol–water partition coefficient (Wildman–Crippen LogP) is 8.36. The number of hydrogen-bond acceptors (Lipinski definition) is 5. The van der Waals surface area contributed by atoms with E-state index in [1.54, 1.807) is 29.9 Å². The van der Waals surface area contributed by atoms with Crippen molar-refractivity contribution in [3.05, 3.63) is 65.5 Å². The Labute approximate surface area is 213 Å². The zero-order valence-corrected chi connectivity index (χ0v) is 23.5. The van der Waals surface area contributed by atoms with Gasteiger partial charge < -0.3 is 10.1 Å². The number of esters is 1. The molecule has 35 heavy (non-hydrogen) atoms. The van der Waals surface area contributed by atoms with Crippen LogP contribution in [0.15, 0.2) is 54.3 Å². The van der Waals surface area contributed by atoms with Gasteiger partial charge in [0.1, 0.15) is 17.2 Å². The molecule has 2 aromatic rings. The Balaban J connectivity index is 0.00000126. The lowest BCUT2D eigenvalue weighted by atomic mass is 10.1. The van der Waals surface area contributed by atoms with Gasteiger partial charge in [0.05, 0.1) is 12.8 Å². The van der Waals surface area contributed by atoms with E-state index in [1.807, 2.05) is 71.9 Å². The van der Waals surface area contributed by atoms with E-state index >= 15 is 0 Å². The predicted molar refractivity (Wildman–Crippen MR) is 150 cm³/mol. The highest BCUT2D eigenvalue weighted by molar-refractivity contribution is 5.95. The second kappa shape index (κ2) is 18.2. The Bertz CT molecular complexity index is 969. The van der Waals surface area contributed by atoms with Gasteiger partial charge in [-0.1, -0.05) is 71.8 Å². The number of rotatable bonds is 9. The second-order valence-corrected chi connectivity index (χ2v) is 8.16. The van der Waals surface area contributed by atoms with E-state index in [2.05, 4.69) is 36.2 Å². The number of anilines is 2. The first-order valence-electron chi connectivity index (χ1n) is 12.7. The van der Waals surface area contributed by atoms with Crippen LogP contribution in [0.25, 0.3) is 5.70 Å². The van der Waals surface area contributed by atoms with Gasteiger partial charge in [0, 0.05) is 17.5 Å². The Morgan fingerprint density at radius 3 is 2.37 bits per heavy atom. The second-order valence-electron chi connectivity index (χ2n) is 8.16. The zero-order chi connectivity index (χ0) is 26.8. The van der Waals surface area contributed by atoms with Gasteiger partial charge in [0.15, 0.2) is 0 Å². The van der Waals surface area contributed by atoms with Gasteiger partial charge >= 0.3 is 5.97 Å². The maximum absolute atomic E-state index is 12.2. The van der Waals surface area contributed by atoms with Crippen molar-refractivity contribution < 1.29 is 9.53 Å². The molecule has 2 heterocycles. The van der Waals surface area contributed by atoms with Crippen LogP contribution in [0.5, 0.6) is 0 Å². The standard InChI is InChI=1S/C21H26N4O2.C6H14.C2H6/c1-6-8-9-10-15(3)17(5)25-19(13-14-22-25)24-20-18(21(26)27-7-2)12-11-16(4)23-20;1-4-5-6(2)3;1-2/h6,8-14H,7H2,1-5H3,(H,23,24);6H,4-5H2,1-3H3;1-2H3/b8-6-,10-9-,17-15+;;. The van der Waals surface area contributed by atoms with E-state index in [0.717, 1.165) is 28.7 Å². The summed E-state index contributed by atoms with van der Waals surface area (Å²) in [5, 5.41) is 7.62. The van der Waals surface area contributed by atoms with E-state index in [4.69, 9.17) is 4.74 Å². The molecule has 0 aliphatic carbocycles. The SMILES string of the molecule is CC.CCCC(C)C.C\C=C/C=C\C(C)=C(/C)n1nccc1Nc1nc(C)ccc1C(=O)OCC. The van der Waals surface area contributed by atoms with Crippen LogP contribution < -0.4 is 5.32 Å². The van der Waals surface area contributed by atoms with Gasteiger partial charge in [-0.05, 0) is 58.2 Å². The molecule has 6 nitrogen and oxygen atoms in total. The number of nitrogens with zero attached hydrogens (tertiary/aromatic N) is 3. The number of hydrogen-bond donors (Lipinski definition) is 1. The normalized spacial score (nSPS) is 11.5. The highest BCUT2D eigenvalue weighted by atomic mass is 16.5. The lowest BCUT2D eigenvalue weighted by molar-refractivity contribution is 0.0527. The van der Waals surface area contributed by atoms with Crippen molar-refractivity contribution in [3.8, 4) is 0 Å². The van der Waals surface area contributed by atoms with E-state index < -0.39 is 5.97 Å². The molecule has 2 rings (SSSR count). The van der Waals surface area contributed by atoms with Crippen molar-refractivity contribution in [2.75, 3.05) is 11.9 Å². The van der Waals surface area contributed by atoms with Gasteiger partial charge in [-0.3, -0.25) is 0 Å². The fourth-order valence-electron chi connectivity index (χ4n) is 2.99. The van der Waals surface area contributed by atoms with Gasteiger partial charge in [0.25, 0.3) is 0 Å². The molecule has 0 bridgehead atoms. The largest absolute Gasteiger partial charge is 0.462 e. The fourth-order valence-corrected chi connectivity index (χ4v) is 2.99. The summed E-state index contributed by atoms with van der Waals surface area (Å²) in [6.45, 7) is 20.7. The molecule has 0 saturated carbocycles. The first-order valence-corrected chi connectivity index (χ1v) is 12.7. The minimum Gasteiger partial charge on any atom is -0.462 e. The molecule has 0 fully saturated rings. The number of ether oxygens (including phenoxy) is 1. The summed E-state index contributed by atoms with van der Waals surface area (Å²) in [5.41, 5.74) is 3.23. The van der Waals surface area contributed by atoms with E-state index in [1.165, 1.54) is 12.8 Å². The molecule has 0 aromatic carbocycles. The molecule has 0 aliphatic heterocycles. The van der Waals surface area contributed by atoms with Crippen molar-refractivity contribution in [1.82, 2.24) is 14.8 Å². The maximum atomic E-state index is 12.2. The van der Waals surface area contributed by atoms with E-state index in [9.17, 15) is 4.79 Å². The molecular weight excluding hydrogens is 436 g/mol.